The van der Waals surface area contributed by atoms with Crippen LogP contribution in [0.4, 0.5) is 5.95 Å². The van der Waals surface area contributed by atoms with Crippen LogP contribution in [0, 0.1) is 16.7 Å². The van der Waals surface area contributed by atoms with E-state index in [1.807, 2.05) is 6.92 Å². The van der Waals surface area contributed by atoms with E-state index >= 15 is 0 Å². The number of fused-ring (bicyclic) bond motifs is 1. The summed E-state index contributed by atoms with van der Waals surface area (Å²) < 4.78 is 2.24. The summed E-state index contributed by atoms with van der Waals surface area (Å²) in [5.74, 6) is 0.513. The summed E-state index contributed by atoms with van der Waals surface area (Å²) in [6.45, 7) is 1.73. The van der Waals surface area contributed by atoms with E-state index in [0.29, 0.717) is 39.4 Å². The Bertz CT molecular complexity index is 1200. The zero-order valence-corrected chi connectivity index (χ0v) is 18.8. The minimum atomic E-state index is -0.398. The van der Waals surface area contributed by atoms with E-state index in [1.54, 1.807) is 36.1 Å². The Morgan fingerprint density at radius 3 is 3.00 bits per heavy atom. The van der Waals surface area contributed by atoms with Crippen molar-refractivity contribution < 1.29 is 9.90 Å². The molecule has 2 atom stereocenters. The second-order valence-electron chi connectivity index (χ2n) is 7.97. The molecule has 0 radical (unpaired) electrons. The van der Waals surface area contributed by atoms with E-state index in [2.05, 4.69) is 47.7 Å². The van der Waals surface area contributed by atoms with E-state index in [4.69, 9.17) is 0 Å². The van der Waals surface area contributed by atoms with E-state index in [0.717, 1.165) is 18.2 Å². The molecule has 3 N–H and O–H groups in total. The maximum absolute atomic E-state index is 12.2. The van der Waals surface area contributed by atoms with Gasteiger partial charge in [-0.05, 0) is 59.0 Å². The number of aliphatic hydroxyl groups excluding tert-OH is 1. The fraction of sp³-hybridized carbons (Fsp3) is 0.381. The van der Waals surface area contributed by atoms with Gasteiger partial charge in [-0.1, -0.05) is 6.92 Å². The Balaban J connectivity index is 1.66. The van der Waals surface area contributed by atoms with Crippen molar-refractivity contribution in [2.24, 2.45) is 5.41 Å². The Morgan fingerprint density at radius 1 is 1.48 bits per heavy atom. The van der Waals surface area contributed by atoms with Gasteiger partial charge in [-0.2, -0.15) is 15.3 Å². The number of aliphatic hydroxyl groups is 1. The van der Waals surface area contributed by atoms with Crippen LogP contribution in [-0.2, 0) is 11.4 Å². The SMILES string of the molecule is CNC(=O)[C@]1(C)CC[C@@H](Nc2ncc3c(Br)nn(-c4ccc(C#N)c(CO)c4)c3n2)C1. The van der Waals surface area contributed by atoms with Crippen molar-refractivity contribution in [3.8, 4) is 11.8 Å². The predicted octanol–water partition coefficient (Wildman–Crippen LogP) is 2.66. The summed E-state index contributed by atoms with van der Waals surface area (Å²) in [6, 6.07) is 7.30. The molecule has 9 nitrogen and oxygen atoms in total. The van der Waals surface area contributed by atoms with Gasteiger partial charge in [0.05, 0.1) is 29.3 Å². The number of nitrogens with one attached hydrogen (secondary N) is 2. The molecule has 0 saturated heterocycles. The Hall–Kier alpha value is -3.03. The van der Waals surface area contributed by atoms with Crippen LogP contribution in [-0.4, -0.2) is 43.9 Å². The molecule has 10 heteroatoms. The van der Waals surface area contributed by atoms with Crippen LogP contribution < -0.4 is 10.6 Å². The lowest BCUT2D eigenvalue weighted by atomic mass is 9.87. The number of anilines is 1. The number of hydrogen-bond donors (Lipinski definition) is 3. The molecular weight excluding hydrogens is 462 g/mol. The summed E-state index contributed by atoms with van der Waals surface area (Å²) >= 11 is 3.45. The molecule has 160 valence electrons. The lowest BCUT2D eigenvalue weighted by molar-refractivity contribution is -0.129. The smallest absolute Gasteiger partial charge is 0.225 e. The van der Waals surface area contributed by atoms with Crippen molar-refractivity contribution in [3.63, 3.8) is 0 Å². The number of rotatable bonds is 5. The number of nitrogens with zero attached hydrogens (tertiary/aromatic N) is 5. The van der Waals surface area contributed by atoms with Crippen molar-refractivity contribution in [1.29, 1.82) is 5.26 Å². The maximum Gasteiger partial charge on any atom is 0.225 e. The number of amides is 1. The van der Waals surface area contributed by atoms with Gasteiger partial charge in [0.15, 0.2) is 5.65 Å². The molecule has 4 rings (SSSR count). The summed E-state index contributed by atoms with van der Waals surface area (Å²) in [7, 11) is 1.66. The highest BCUT2D eigenvalue weighted by Crippen LogP contribution is 2.39. The van der Waals surface area contributed by atoms with Gasteiger partial charge in [0.2, 0.25) is 11.9 Å². The molecule has 0 spiro atoms. The van der Waals surface area contributed by atoms with Crippen LogP contribution in [0.5, 0.6) is 0 Å². The fourth-order valence-electron chi connectivity index (χ4n) is 4.12. The maximum atomic E-state index is 12.2. The van der Waals surface area contributed by atoms with E-state index in [-0.39, 0.29) is 18.6 Å². The normalized spacial score (nSPS) is 20.5. The van der Waals surface area contributed by atoms with Gasteiger partial charge in [0.1, 0.15) is 4.60 Å². The van der Waals surface area contributed by atoms with Crippen molar-refractivity contribution in [2.45, 2.75) is 38.8 Å². The van der Waals surface area contributed by atoms with Crippen LogP contribution in [0.3, 0.4) is 0 Å². The van der Waals surface area contributed by atoms with Crippen molar-refractivity contribution in [3.05, 3.63) is 40.1 Å². The van der Waals surface area contributed by atoms with Gasteiger partial charge in [0.25, 0.3) is 0 Å². The molecule has 0 bridgehead atoms. The zero-order chi connectivity index (χ0) is 22.2. The van der Waals surface area contributed by atoms with Gasteiger partial charge in [-0.15, -0.1) is 0 Å². The fourth-order valence-corrected chi connectivity index (χ4v) is 4.56. The largest absolute Gasteiger partial charge is 0.392 e. The van der Waals surface area contributed by atoms with Crippen molar-refractivity contribution >= 4 is 38.8 Å². The summed E-state index contributed by atoms with van der Waals surface area (Å²) in [5.41, 5.74) is 1.80. The zero-order valence-electron chi connectivity index (χ0n) is 17.2. The van der Waals surface area contributed by atoms with Crippen LogP contribution in [0.25, 0.3) is 16.7 Å². The lowest BCUT2D eigenvalue weighted by Crippen LogP contribution is -2.35. The van der Waals surface area contributed by atoms with Crippen molar-refractivity contribution in [2.75, 3.05) is 12.4 Å². The van der Waals surface area contributed by atoms with E-state index in [9.17, 15) is 15.2 Å². The molecule has 1 fully saturated rings. The molecule has 0 unspecified atom stereocenters. The third kappa shape index (κ3) is 3.86. The molecule has 1 aliphatic carbocycles. The van der Waals surface area contributed by atoms with Crippen LogP contribution in [0.2, 0.25) is 0 Å². The average Bonchev–Trinajstić information content (AvgIpc) is 3.33. The molecule has 1 saturated carbocycles. The molecule has 31 heavy (non-hydrogen) atoms. The van der Waals surface area contributed by atoms with Gasteiger partial charge in [0, 0.05) is 24.7 Å². The summed E-state index contributed by atoms with van der Waals surface area (Å²) in [4.78, 5) is 21.3. The second-order valence-corrected chi connectivity index (χ2v) is 8.72. The van der Waals surface area contributed by atoms with Crippen molar-refractivity contribution in [1.82, 2.24) is 25.1 Å². The molecule has 2 aromatic heterocycles. The first kappa shape index (κ1) is 21.2. The first-order chi connectivity index (χ1) is 14.9. The molecule has 2 heterocycles. The number of carbonyl (C=O) groups is 1. The predicted molar refractivity (Wildman–Crippen MR) is 118 cm³/mol. The third-order valence-corrected chi connectivity index (χ3v) is 6.44. The second kappa shape index (κ2) is 8.24. The number of hydrogen-bond acceptors (Lipinski definition) is 7. The summed E-state index contributed by atoms with van der Waals surface area (Å²) in [5, 5.41) is 30.1. The Morgan fingerprint density at radius 2 is 2.29 bits per heavy atom. The van der Waals surface area contributed by atoms with Crippen LogP contribution in [0.15, 0.2) is 29.0 Å². The monoisotopic (exact) mass is 483 g/mol. The quantitative estimate of drug-likeness (QED) is 0.508. The molecule has 1 aliphatic rings. The van der Waals surface area contributed by atoms with Gasteiger partial charge in [-0.3, -0.25) is 4.79 Å². The van der Waals surface area contributed by atoms with Crippen LogP contribution in [0.1, 0.15) is 37.3 Å². The highest BCUT2D eigenvalue weighted by molar-refractivity contribution is 9.10. The molecular formula is C21H22BrN7O2. The molecule has 1 aromatic carbocycles. The Kier molecular flexibility index (Phi) is 5.64. The standard InChI is InChI=1S/C21H22BrN7O2/c1-21(19(31)24-2)6-5-14(8-21)26-20-25-10-16-17(22)28-29(18(16)27-20)15-4-3-12(9-23)13(7-15)11-30/h3-4,7,10,14,30H,5-6,8,11H2,1-2H3,(H,24,31)(H,25,26,27)/t14-,21-/m1/s1. The number of benzene rings is 1. The van der Waals surface area contributed by atoms with Crippen LogP contribution >= 0.6 is 15.9 Å². The van der Waals surface area contributed by atoms with Gasteiger partial charge >= 0.3 is 0 Å². The first-order valence-electron chi connectivity index (χ1n) is 9.93. The Labute approximate surface area is 187 Å². The number of nitriles is 1. The van der Waals surface area contributed by atoms with E-state index in [1.165, 1.54) is 0 Å². The molecule has 1 amide bonds. The summed E-state index contributed by atoms with van der Waals surface area (Å²) in [6.07, 6.45) is 4.04. The molecule has 0 aliphatic heterocycles. The third-order valence-electron chi connectivity index (χ3n) is 5.85. The number of halogens is 1. The lowest BCUT2D eigenvalue weighted by Gasteiger charge is -2.22. The molecule has 3 aromatic rings. The van der Waals surface area contributed by atoms with Gasteiger partial charge < -0.3 is 15.7 Å². The topological polar surface area (TPSA) is 129 Å². The number of aromatic nitrogens is 4. The minimum absolute atomic E-state index is 0.0516. The minimum Gasteiger partial charge on any atom is -0.392 e. The highest BCUT2D eigenvalue weighted by Gasteiger charge is 2.40. The number of carbonyl (C=O) groups excluding carboxylic acids is 1. The average molecular weight is 484 g/mol. The highest BCUT2D eigenvalue weighted by atomic mass is 79.9. The van der Waals surface area contributed by atoms with E-state index < -0.39 is 5.41 Å². The van der Waals surface area contributed by atoms with Gasteiger partial charge in [-0.25, -0.2) is 9.67 Å². The first-order valence-corrected chi connectivity index (χ1v) is 10.7.